The average molecular weight is 457 g/mol. The first-order chi connectivity index (χ1) is 16.5. The van der Waals surface area contributed by atoms with Crippen molar-refractivity contribution >= 4 is 34.7 Å². The zero-order valence-electron chi connectivity index (χ0n) is 19.4. The summed E-state index contributed by atoms with van der Waals surface area (Å²) in [5.41, 5.74) is 3.53. The van der Waals surface area contributed by atoms with E-state index in [9.17, 15) is 9.59 Å². The van der Waals surface area contributed by atoms with Gasteiger partial charge in [0.15, 0.2) is 0 Å². The number of rotatable bonds is 10. The molecule has 0 saturated carbocycles. The molecular weight excluding hydrogens is 428 g/mol. The van der Waals surface area contributed by atoms with Crippen LogP contribution in [0.2, 0.25) is 0 Å². The van der Waals surface area contributed by atoms with Crippen molar-refractivity contribution in [2.24, 2.45) is 0 Å². The molecule has 0 unspecified atom stereocenters. The van der Waals surface area contributed by atoms with Crippen molar-refractivity contribution in [3.8, 4) is 11.5 Å². The number of ether oxygens (including phenoxy) is 2. The van der Waals surface area contributed by atoms with Gasteiger partial charge in [-0.05, 0) is 62.4 Å². The third-order valence-corrected chi connectivity index (χ3v) is 5.16. The van der Waals surface area contributed by atoms with Crippen molar-refractivity contribution in [3.63, 3.8) is 0 Å². The zero-order chi connectivity index (χ0) is 24.5. The Morgan fingerprint density at radius 1 is 0.706 bits per heavy atom. The summed E-state index contributed by atoms with van der Waals surface area (Å²) in [6, 6.07) is 22.6. The van der Waals surface area contributed by atoms with E-state index in [1.807, 2.05) is 29.2 Å². The summed E-state index contributed by atoms with van der Waals surface area (Å²) in [4.78, 5) is 27.7. The molecule has 0 atom stereocenters. The molecule has 0 aliphatic carbocycles. The maximum Gasteiger partial charge on any atom is 0.335 e. The van der Waals surface area contributed by atoms with Crippen LogP contribution in [-0.4, -0.2) is 25.0 Å². The molecule has 3 rings (SSSR count). The molecule has 0 spiro atoms. The Labute approximate surface area is 200 Å². The summed E-state index contributed by atoms with van der Waals surface area (Å²) in [5, 5.41) is 0. The highest BCUT2D eigenvalue weighted by Gasteiger charge is 2.16. The number of anilines is 4. The van der Waals surface area contributed by atoms with E-state index in [1.165, 1.54) is 0 Å². The van der Waals surface area contributed by atoms with Gasteiger partial charge in [-0.25, -0.2) is 9.59 Å². The van der Waals surface area contributed by atoms with E-state index in [2.05, 4.69) is 44.0 Å². The van der Waals surface area contributed by atoms with Crippen LogP contribution in [-0.2, 0) is 9.59 Å². The van der Waals surface area contributed by atoms with Crippen LogP contribution in [0.25, 0.3) is 0 Å². The number of hydrogen-bond donors (Lipinski definition) is 0. The van der Waals surface area contributed by atoms with Crippen molar-refractivity contribution in [2.45, 2.75) is 13.8 Å². The molecule has 6 heteroatoms. The maximum atomic E-state index is 11.7. The number of nitrogens with zero attached hydrogens (tertiary/aromatic N) is 2. The van der Waals surface area contributed by atoms with Gasteiger partial charge in [-0.2, -0.15) is 0 Å². The first kappa shape index (κ1) is 24.3. The average Bonchev–Trinajstić information content (AvgIpc) is 2.86. The topological polar surface area (TPSA) is 59.1 Å². The standard InChI is InChI=1S/C28H28N2O4/c1-5-27(31)33-25-13-9-11-23(19-25)30(22-17-15-21(16-18-22)29(7-3)8-4)24-12-10-14-26(20-24)34-28(32)6-2/h5-6,9-20H,1-2,7-8H2,3-4H3. The highest BCUT2D eigenvalue weighted by atomic mass is 16.5. The van der Waals surface area contributed by atoms with E-state index in [4.69, 9.17) is 9.47 Å². The van der Waals surface area contributed by atoms with Crippen LogP contribution in [0.5, 0.6) is 11.5 Å². The lowest BCUT2D eigenvalue weighted by atomic mass is 10.1. The molecule has 0 fully saturated rings. The predicted molar refractivity (Wildman–Crippen MR) is 136 cm³/mol. The van der Waals surface area contributed by atoms with Gasteiger partial charge < -0.3 is 19.3 Å². The molecule has 0 radical (unpaired) electrons. The van der Waals surface area contributed by atoms with E-state index < -0.39 is 11.9 Å². The second-order valence-corrected chi connectivity index (χ2v) is 7.27. The molecule has 3 aromatic rings. The van der Waals surface area contributed by atoms with Crippen LogP contribution in [0.3, 0.4) is 0 Å². The maximum absolute atomic E-state index is 11.7. The van der Waals surface area contributed by atoms with Crippen molar-refractivity contribution in [1.29, 1.82) is 0 Å². The van der Waals surface area contributed by atoms with E-state index in [0.717, 1.165) is 48.0 Å². The SMILES string of the molecule is C=CC(=O)Oc1cccc(N(c2ccc(N(CC)CC)cc2)c2cccc(OC(=O)C=C)c2)c1. The highest BCUT2D eigenvalue weighted by molar-refractivity contribution is 5.85. The Balaban J connectivity index is 2.08. The molecule has 174 valence electrons. The fourth-order valence-corrected chi connectivity index (χ4v) is 3.54. The third kappa shape index (κ3) is 5.92. The van der Waals surface area contributed by atoms with E-state index in [0.29, 0.717) is 11.5 Å². The quantitative estimate of drug-likeness (QED) is 0.206. The summed E-state index contributed by atoms with van der Waals surface area (Å²) >= 11 is 0. The van der Waals surface area contributed by atoms with E-state index in [1.54, 1.807) is 36.4 Å². The number of carbonyl (C=O) groups excluding carboxylic acids is 2. The molecule has 3 aromatic carbocycles. The van der Waals surface area contributed by atoms with Gasteiger partial charge in [-0.3, -0.25) is 0 Å². The number of hydrogen-bond acceptors (Lipinski definition) is 6. The summed E-state index contributed by atoms with van der Waals surface area (Å²) in [5.74, 6) is -0.293. The second-order valence-electron chi connectivity index (χ2n) is 7.27. The second kappa shape index (κ2) is 11.5. The summed E-state index contributed by atoms with van der Waals surface area (Å²) in [7, 11) is 0. The Morgan fingerprint density at radius 2 is 1.15 bits per heavy atom. The molecule has 0 saturated heterocycles. The summed E-state index contributed by atoms with van der Waals surface area (Å²) in [6.45, 7) is 13.0. The minimum Gasteiger partial charge on any atom is -0.423 e. The van der Waals surface area contributed by atoms with Crippen LogP contribution in [0.4, 0.5) is 22.7 Å². The van der Waals surface area contributed by atoms with Gasteiger partial charge in [0.05, 0.1) is 0 Å². The Morgan fingerprint density at radius 3 is 1.56 bits per heavy atom. The number of carbonyl (C=O) groups is 2. The van der Waals surface area contributed by atoms with E-state index >= 15 is 0 Å². The predicted octanol–water partition coefficient (Wildman–Crippen LogP) is 6.19. The lowest BCUT2D eigenvalue weighted by molar-refractivity contribution is -0.129. The Kier molecular flexibility index (Phi) is 8.24. The summed E-state index contributed by atoms with van der Waals surface area (Å²) in [6.07, 6.45) is 2.24. The van der Waals surface area contributed by atoms with Crippen LogP contribution in [0.15, 0.2) is 98.1 Å². The van der Waals surface area contributed by atoms with Crippen molar-refractivity contribution < 1.29 is 19.1 Å². The third-order valence-electron chi connectivity index (χ3n) is 5.16. The largest absolute Gasteiger partial charge is 0.423 e. The van der Waals surface area contributed by atoms with Crippen LogP contribution in [0, 0.1) is 0 Å². The van der Waals surface area contributed by atoms with Gasteiger partial charge in [-0.15, -0.1) is 0 Å². The lowest BCUT2D eigenvalue weighted by Gasteiger charge is -2.27. The fourth-order valence-electron chi connectivity index (χ4n) is 3.54. The number of esters is 2. The molecule has 0 amide bonds. The lowest BCUT2D eigenvalue weighted by Crippen LogP contribution is -2.21. The molecule has 0 aliphatic rings. The van der Waals surface area contributed by atoms with Crippen LogP contribution >= 0.6 is 0 Å². The molecule has 0 aromatic heterocycles. The van der Waals surface area contributed by atoms with Gasteiger partial charge in [-0.1, -0.05) is 25.3 Å². The van der Waals surface area contributed by atoms with Crippen LogP contribution < -0.4 is 19.3 Å². The van der Waals surface area contributed by atoms with Gasteiger partial charge >= 0.3 is 11.9 Å². The Bertz CT molecular complexity index is 1100. The summed E-state index contributed by atoms with van der Waals surface area (Å²) < 4.78 is 10.7. The van der Waals surface area contributed by atoms with Gasteiger partial charge in [0.2, 0.25) is 0 Å². The first-order valence-electron chi connectivity index (χ1n) is 11.0. The smallest absolute Gasteiger partial charge is 0.335 e. The highest BCUT2D eigenvalue weighted by Crippen LogP contribution is 2.38. The Hall–Kier alpha value is -4.32. The molecular formula is C28H28N2O4. The van der Waals surface area contributed by atoms with Crippen molar-refractivity contribution in [1.82, 2.24) is 0 Å². The molecule has 0 heterocycles. The van der Waals surface area contributed by atoms with E-state index in [-0.39, 0.29) is 0 Å². The van der Waals surface area contributed by atoms with Gasteiger partial charge in [0.25, 0.3) is 0 Å². The zero-order valence-corrected chi connectivity index (χ0v) is 19.4. The first-order valence-corrected chi connectivity index (χ1v) is 11.0. The molecule has 34 heavy (non-hydrogen) atoms. The minimum absolute atomic E-state index is 0.390. The molecule has 6 nitrogen and oxygen atoms in total. The molecule has 0 bridgehead atoms. The fraction of sp³-hybridized carbons (Fsp3) is 0.143. The van der Waals surface area contributed by atoms with Crippen molar-refractivity contribution in [2.75, 3.05) is 22.9 Å². The number of benzene rings is 3. The minimum atomic E-state index is -0.536. The monoisotopic (exact) mass is 456 g/mol. The van der Waals surface area contributed by atoms with Crippen molar-refractivity contribution in [3.05, 3.63) is 98.1 Å². The van der Waals surface area contributed by atoms with Crippen LogP contribution in [0.1, 0.15) is 13.8 Å². The molecule has 0 aliphatic heterocycles. The van der Waals surface area contributed by atoms with Gasteiger partial charge in [0, 0.05) is 60.1 Å². The molecule has 0 N–H and O–H groups in total. The normalized spacial score (nSPS) is 10.2. The van der Waals surface area contributed by atoms with Gasteiger partial charge in [0.1, 0.15) is 11.5 Å².